The molecule has 3 nitrogen and oxygen atoms in total. The highest BCUT2D eigenvalue weighted by Crippen LogP contribution is 2.36. The third-order valence-corrected chi connectivity index (χ3v) is 2.78. The van der Waals surface area contributed by atoms with Crippen molar-refractivity contribution in [3.8, 4) is 11.5 Å². The molecule has 0 heterocycles. The highest BCUT2D eigenvalue weighted by atomic mass is 16.5. The monoisotopic (exact) mass is 260 g/mol. The van der Waals surface area contributed by atoms with Crippen molar-refractivity contribution in [1.82, 2.24) is 0 Å². The Balaban J connectivity index is 3.28. The normalized spacial score (nSPS) is 11.6. The van der Waals surface area contributed by atoms with Crippen molar-refractivity contribution in [2.45, 2.75) is 26.2 Å². The second-order valence-electron chi connectivity index (χ2n) is 5.30. The molecule has 0 amide bonds. The summed E-state index contributed by atoms with van der Waals surface area (Å²) < 4.78 is 5.30. The lowest BCUT2D eigenvalue weighted by Crippen LogP contribution is -2.11. The average Bonchev–Trinajstić information content (AvgIpc) is 2.34. The lowest BCUT2D eigenvalue weighted by Gasteiger charge is -2.22. The Labute approximate surface area is 114 Å². The van der Waals surface area contributed by atoms with E-state index in [-0.39, 0.29) is 16.9 Å². The molecule has 0 atom stereocenters. The molecule has 1 rings (SSSR count). The van der Waals surface area contributed by atoms with Crippen LogP contribution in [0, 0.1) is 0 Å². The third kappa shape index (κ3) is 3.71. The minimum Gasteiger partial charge on any atom is -0.508 e. The summed E-state index contributed by atoms with van der Waals surface area (Å²) in [7, 11) is 1.56. The molecule has 1 aromatic rings. The number of carbonyl (C=O) groups is 1. The van der Waals surface area contributed by atoms with Gasteiger partial charge in [-0.05, 0) is 35.8 Å². The van der Waals surface area contributed by atoms with Gasteiger partial charge in [0.15, 0.2) is 5.78 Å². The van der Waals surface area contributed by atoms with Crippen LogP contribution in [0.15, 0.2) is 30.9 Å². The highest BCUT2D eigenvalue weighted by Gasteiger charge is 2.20. The molecule has 0 fully saturated rings. The minimum atomic E-state index is -0.193. The zero-order valence-corrected chi connectivity index (χ0v) is 11.9. The standard InChI is InChI=1S/C16H20O3/c1-6-12(17)8-7-11-9-14(18)13(16(2,3)4)10-15(11)19-5/h6-10,18H,1H2,2-5H3. The van der Waals surface area contributed by atoms with Crippen LogP contribution < -0.4 is 4.74 Å². The molecule has 3 heteroatoms. The fourth-order valence-corrected chi connectivity index (χ4v) is 1.73. The first-order valence-electron chi connectivity index (χ1n) is 6.05. The summed E-state index contributed by atoms with van der Waals surface area (Å²) in [4.78, 5) is 11.2. The number of phenols is 1. The molecule has 0 spiro atoms. The molecule has 0 aliphatic carbocycles. The van der Waals surface area contributed by atoms with Crippen LogP contribution in [0.4, 0.5) is 0 Å². The van der Waals surface area contributed by atoms with E-state index in [1.165, 1.54) is 12.2 Å². The molecule has 0 radical (unpaired) electrons. The van der Waals surface area contributed by atoms with Crippen molar-refractivity contribution < 1.29 is 14.6 Å². The van der Waals surface area contributed by atoms with Gasteiger partial charge in [0, 0.05) is 11.1 Å². The molecule has 0 saturated heterocycles. The van der Waals surface area contributed by atoms with Gasteiger partial charge < -0.3 is 9.84 Å². The summed E-state index contributed by atoms with van der Waals surface area (Å²) >= 11 is 0. The molecule has 0 aromatic heterocycles. The van der Waals surface area contributed by atoms with Crippen molar-refractivity contribution >= 4 is 11.9 Å². The molecular weight excluding hydrogens is 240 g/mol. The Bertz CT molecular complexity index is 520. The SMILES string of the molecule is C=CC(=O)C=Cc1cc(O)c(C(C)(C)C)cc1OC. The Morgan fingerprint density at radius 3 is 2.47 bits per heavy atom. The van der Waals surface area contributed by atoms with E-state index in [1.54, 1.807) is 25.3 Å². The van der Waals surface area contributed by atoms with Gasteiger partial charge in [-0.3, -0.25) is 4.79 Å². The Morgan fingerprint density at radius 2 is 2.00 bits per heavy atom. The average molecular weight is 260 g/mol. The van der Waals surface area contributed by atoms with E-state index in [4.69, 9.17) is 4.74 Å². The predicted molar refractivity (Wildman–Crippen MR) is 77.6 cm³/mol. The van der Waals surface area contributed by atoms with Crippen LogP contribution >= 0.6 is 0 Å². The summed E-state index contributed by atoms with van der Waals surface area (Å²) in [6, 6.07) is 3.40. The van der Waals surface area contributed by atoms with E-state index in [0.717, 1.165) is 5.56 Å². The van der Waals surface area contributed by atoms with Gasteiger partial charge >= 0.3 is 0 Å². The van der Waals surface area contributed by atoms with Crippen molar-refractivity contribution in [3.63, 3.8) is 0 Å². The molecule has 0 aliphatic heterocycles. The van der Waals surface area contributed by atoms with Gasteiger partial charge in [-0.2, -0.15) is 0 Å². The largest absolute Gasteiger partial charge is 0.508 e. The Morgan fingerprint density at radius 1 is 1.37 bits per heavy atom. The smallest absolute Gasteiger partial charge is 0.178 e. The topological polar surface area (TPSA) is 46.5 Å². The first-order chi connectivity index (χ1) is 8.79. The first-order valence-corrected chi connectivity index (χ1v) is 6.05. The Kier molecular flexibility index (Phi) is 4.54. The van der Waals surface area contributed by atoms with Crippen molar-refractivity contribution in [1.29, 1.82) is 0 Å². The molecule has 0 saturated carbocycles. The van der Waals surface area contributed by atoms with Gasteiger partial charge in [-0.1, -0.05) is 27.4 Å². The number of allylic oxidation sites excluding steroid dienone is 2. The number of rotatable bonds is 4. The fraction of sp³-hybridized carbons (Fsp3) is 0.312. The Hall–Kier alpha value is -2.03. The van der Waals surface area contributed by atoms with E-state index in [9.17, 15) is 9.90 Å². The molecule has 0 unspecified atom stereocenters. The van der Waals surface area contributed by atoms with Gasteiger partial charge in [0.1, 0.15) is 11.5 Å². The number of aromatic hydroxyl groups is 1. The number of hydrogen-bond donors (Lipinski definition) is 1. The summed E-state index contributed by atoms with van der Waals surface area (Å²) in [6.45, 7) is 9.43. The third-order valence-electron chi connectivity index (χ3n) is 2.78. The van der Waals surface area contributed by atoms with Crippen LogP contribution in [0.25, 0.3) is 6.08 Å². The van der Waals surface area contributed by atoms with E-state index in [0.29, 0.717) is 11.3 Å². The molecule has 102 valence electrons. The van der Waals surface area contributed by atoms with Crippen molar-refractivity contribution in [2.75, 3.05) is 7.11 Å². The van der Waals surface area contributed by atoms with Crippen molar-refractivity contribution in [3.05, 3.63) is 42.0 Å². The van der Waals surface area contributed by atoms with Gasteiger partial charge in [0.2, 0.25) is 0 Å². The lowest BCUT2D eigenvalue weighted by atomic mass is 9.85. The van der Waals surface area contributed by atoms with Gasteiger partial charge in [0.25, 0.3) is 0 Å². The highest BCUT2D eigenvalue weighted by molar-refractivity contribution is 6.01. The summed E-state index contributed by atoms with van der Waals surface area (Å²) in [5, 5.41) is 10.1. The summed E-state index contributed by atoms with van der Waals surface area (Å²) in [5.41, 5.74) is 1.27. The number of phenolic OH excluding ortho intramolecular Hbond substituents is 1. The quantitative estimate of drug-likeness (QED) is 0.843. The summed E-state index contributed by atoms with van der Waals surface area (Å²) in [5.74, 6) is 0.622. The summed E-state index contributed by atoms with van der Waals surface area (Å²) in [6.07, 6.45) is 4.22. The number of ether oxygens (including phenoxy) is 1. The van der Waals surface area contributed by atoms with Crippen LogP contribution in [0.1, 0.15) is 31.9 Å². The van der Waals surface area contributed by atoms with Crippen LogP contribution in [-0.4, -0.2) is 18.0 Å². The van der Waals surface area contributed by atoms with Gasteiger partial charge in [-0.15, -0.1) is 0 Å². The van der Waals surface area contributed by atoms with Crippen LogP contribution in [-0.2, 0) is 10.2 Å². The second-order valence-corrected chi connectivity index (χ2v) is 5.30. The second kappa shape index (κ2) is 5.74. The minimum absolute atomic E-state index is 0.184. The lowest BCUT2D eigenvalue weighted by molar-refractivity contribution is -0.110. The zero-order valence-electron chi connectivity index (χ0n) is 11.9. The number of benzene rings is 1. The molecule has 19 heavy (non-hydrogen) atoms. The molecule has 1 N–H and O–H groups in total. The van der Waals surface area contributed by atoms with Crippen LogP contribution in [0.2, 0.25) is 0 Å². The van der Waals surface area contributed by atoms with E-state index >= 15 is 0 Å². The molecule has 1 aromatic carbocycles. The maximum absolute atomic E-state index is 11.2. The first kappa shape index (κ1) is 15.0. The number of hydrogen-bond acceptors (Lipinski definition) is 3. The van der Waals surface area contributed by atoms with Gasteiger partial charge in [-0.25, -0.2) is 0 Å². The van der Waals surface area contributed by atoms with E-state index in [1.807, 2.05) is 20.8 Å². The maximum atomic E-state index is 11.2. The number of carbonyl (C=O) groups excluding carboxylic acids is 1. The van der Waals surface area contributed by atoms with Crippen LogP contribution in [0.5, 0.6) is 11.5 Å². The zero-order chi connectivity index (χ0) is 14.6. The molecule has 0 aliphatic rings. The van der Waals surface area contributed by atoms with Crippen molar-refractivity contribution in [2.24, 2.45) is 0 Å². The number of ketones is 1. The fourth-order valence-electron chi connectivity index (χ4n) is 1.73. The molecular formula is C16H20O3. The maximum Gasteiger partial charge on any atom is 0.178 e. The number of methoxy groups -OCH3 is 1. The van der Waals surface area contributed by atoms with E-state index in [2.05, 4.69) is 6.58 Å². The molecule has 0 bridgehead atoms. The van der Waals surface area contributed by atoms with Crippen LogP contribution in [0.3, 0.4) is 0 Å². The predicted octanol–water partition coefficient (Wildman–Crippen LogP) is 3.47. The van der Waals surface area contributed by atoms with E-state index < -0.39 is 0 Å². The van der Waals surface area contributed by atoms with Gasteiger partial charge in [0.05, 0.1) is 7.11 Å².